The number of hydrogen-bond donors (Lipinski definition) is 1. The molecule has 1 aliphatic heterocycles. The monoisotopic (exact) mass is 395 g/mol. The van der Waals surface area contributed by atoms with Gasteiger partial charge in [-0.15, -0.1) is 0 Å². The number of esters is 1. The highest BCUT2D eigenvalue weighted by atomic mass is 16.5. The van der Waals surface area contributed by atoms with Crippen molar-refractivity contribution in [1.29, 1.82) is 0 Å². The average molecular weight is 395 g/mol. The Balaban J connectivity index is 1.77. The van der Waals surface area contributed by atoms with Crippen molar-refractivity contribution in [2.24, 2.45) is 0 Å². The van der Waals surface area contributed by atoms with Crippen LogP contribution in [0.4, 0.5) is 0 Å². The standard InChI is InChI=1S/C21H21N3O5/c1-27-11-4-10-24-19(13-6-8-14(9-7-13)21(26)28-2)16-17(15-5-3-12-29-15)22-23-18(16)20(24)25/h3,5-9,12,19H,4,10-11H2,1-2H3,(H,22,23). The molecular weight excluding hydrogens is 374 g/mol. The SMILES string of the molecule is COCCCN1C(=O)c2n[nH]c(-c3ccco3)c2C1c1ccc(C(=O)OC)cc1. The van der Waals surface area contributed by atoms with E-state index in [0.717, 1.165) is 11.1 Å². The van der Waals surface area contributed by atoms with Crippen LogP contribution in [0.2, 0.25) is 0 Å². The molecule has 0 aliphatic carbocycles. The van der Waals surface area contributed by atoms with Gasteiger partial charge in [0.2, 0.25) is 0 Å². The first-order valence-corrected chi connectivity index (χ1v) is 9.26. The smallest absolute Gasteiger partial charge is 0.337 e. The van der Waals surface area contributed by atoms with E-state index in [2.05, 4.69) is 10.2 Å². The van der Waals surface area contributed by atoms with Crippen molar-refractivity contribution < 1.29 is 23.5 Å². The predicted molar refractivity (Wildman–Crippen MR) is 103 cm³/mol. The zero-order valence-electron chi connectivity index (χ0n) is 16.2. The number of nitrogens with zero attached hydrogens (tertiary/aromatic N) is 2. The summed E-state index contributed by atoms with van der Waals surface area (Å²) in [4.78, 5) is 26.6. The molecule has 0 fully saturated rings. The fourth-order valence-corrected chi connectivity index (χ4v) is 3.67. The molecule has 8 heteroatoms. The van der Waals surface area contributed by atoms with Gasteiger partial charge in [-0.3, -0.25) is 9.89 Å². The molecule has 0 bridgehead atoms. The summed E-state index contributed by atoms with van der Waals surface area (Å²) >= 11 is 0. The second kappa shape index (κ2) is 7.92. The van der Waals surface area contributed by atoms with Crippen molar-refractivity contribution in [2.75, 3.05) is 27.4 Å². The van der Waals surface area contributed by atoms with Crippen molar-refractivity contribution in [3.63, 3.8) is 0 Å². The second-order valence-electron chi connectivity index (χ2n) is 6.70. The molecule has 2 aromatic heterocycles. The van der Waals surface area contributed by atoms with Gasteiger partial charge in [-0.25, -0.2) is 4.79 Å². The van der Waals surface area contributed by atoms with Gasteiger partial charge in [0, 0.05) is 25.8 Å². The highest BCUT2D eigenvalue weighted by Gasteiger charge is 2.42. The minimum absolute atomic E-state index is 0.146. The summed E-state index contributed by atoms with van der Waals surface area (Å²) in [6.07, 6.45) is 2.28. The van der Waals surface area contributed by atoms with Gasteiger partial charge < -0.3 is 18.8 Å². The van der Waals surface area contributed by atoms with E-state index in [4.69, 9.17) is 13.9 Å². The number of fused-ring (bicyclic) bond motifs is 1. The third kappa shape index (κ3) is 3.31. The fourth-order valence-electron chi connectivity index (χ4n) is 3.67. The maximum absolute atomic E-state index is 13.1. The van der Waals surface area contributed by atoms with Crippen LogP contribution in [0, 0.1) is 0 Å². The predicted octanol–water partition coefficient (Wildman–Crippen LogP) is 3.04. The van der Waals surface area contributed by atoms with E-state index < -0.39 is 5.97 Å². The first-order valence-electron chi connectivity index (χ1n) is 9.26. The Morgan fingerprint density at radius 1 is 1.24 bits per heavy atom. The maximum atomic E-state index is 13.1. The number of H-pyrrole nitrogens is 1. The number of amides is 1. The molecule has 0 saturated heterocycles. The van der Waals surface area contributed by atoms with E-state index in [1.165, 1.54) is 7.11 Å². The minimum Gasteiger partial charge on any atom is -0.465 e. The van der Waals surface area contributed by atoms with Crippen molar-refractivity contribution in [3.05, 3.63) is 65.0 Å². The molecule has 1 aromatic carbocycles. The Kier molecular flexibility index (Phi) is 5.18. The number of carbonyl (C=O) groups excluding carboxylic acids is 2. The molecule has 150 valence electrons. The average Bonchev–Trinajstić information content (AvgIpc) is 3.46. The molecule has 3 heterocycles. The molecule has 1 unspecified atom stereocenters. The largest absolute Gasteiger partial charge is 0.465 e. The van der Waals surface area contributed by atoms with Crippen LogP contribution in [0.3, 0.4) is 0 Å². The zero-order valence-corrected chi connectivity index (χ0v) is 16.2. The van der Waals surface area contributed by atoms with Crippen molar-refractivity contribution in [3.8, 4) is 11.5 Å². The lowest BCUT2D eigenvalue weighted by Crippen LogP contribution is -2.31. The van der Waals surface area contributed by atoms with Gasteiger partial charge in [-0.1, -0.05) is 12.1 Å². The molecule has 1 amide bonds. The minimum atomic E-state index is -0.406. The number of aromatic nitrogens is 2. The quantitative estimate of drug-likeness (QED) is 0.488. The van der Waals surface area contributed by atoms with E-state index in [9.17, 15) is 9.59 Å². The first kappa shape index (κ1) is 18.9. The van der Waals surface area contributed by atoms with E-state index in [1.54, 1.807) is 36.5 Å². The molecule has 1 atom stereocenters. The number of furan rings is 1. The van der Waals surface area contributed by atoms with Gasteiger partial charge in [0.05, 0.1) is 25.0 Å². The van der Waals surface area contributed by atoms with E-state index in [1.807, 2.05) is 18.2 Å². The Morgan fingerprint density at radius 3 is 2.69 bits per heavy atom. The van der Waals surface area contributed by atoms with Gasteiger partial charge in [-0.2, -0.15) is 5.10 Å². The molecule has 0 spiro atoms. The van der Waals surface area contributed by atoms with E-state index >= 15 is 0 Å². The summed E-state index contributed by atoms with van der Waals surface area (Å²) in [6, 6.07) is 10.3. The third-order valence-electron chi connectivity index (χ3n) is 5.02. The van der Waals surface area contributed by atoms with Gasteiger partial charge in [0.1, 0.15) is 5.69 Å². The van der Waals surface area contributed by atoms with Crippen LogP contribution in [-0.4, -0.2) is 54.3 Å². The van der Waals surface area contributed by atoms with Crippen LogP contribution in [0.25, 0.3) is 11.5 Å². The molecule has 1 aliphatic rings. The lowest BCUT2D eigenvalue weighted by molar-refractivity contribution is 0.0599. The highest BCUT2D eigenvalue weighted by Crippen LogP contribution is 2.42. The van der Waals surface area contributed by atoms with Crippen molar-refractivity contribution in [2.45, 2.75) is 12.5 Å². The summed E-state index contributed by atoms with van der Waals surface area (Å²) in [5.41, 5.74) is 3.15. The lowest BCUT2D eigenvalue weighted by atomic mass is 9.97. The summed E-state index contributed by atoms with van der Waals surface area (Å²) in [6.45, 7) is 1.07. The Morgan fingerprint density at radius 2 is 2.03 bits per heavy atom. The fraction of sp³-hybridized carbons (Fsp3) is 0.286. The second-order valence-corrected chi connectivity index (χ2v) is 6.70. The number of nitrogens with one attached hydrogen (secondary N) is 1. The van der Waals surface area contributed by atoms with Crippen LogP contribution in [-0.2, 0) is 9.47 Å². The molecule has 0 radical (unpaired) electrons. The molecule has 29 heavy (non-hydrogen) atoms. The van der Waals surface area contributed by atoms with Gasteiger partial charge in [0.15, 0.2) is 11.5 Å². The van der Waals surface area contributed by atoms with E-state index in [0.29, 0.717) is 42.3 Å². The molecule has 8 nitrogen and oxygen atoms in total. The molecule has 0 saturated carbocycles. The molecule has 1 N–H and O–H groups in total. The Bertz CT molecular complexity index is 1010. The number of carbonyl (C=O) groups is 2. The molecule has 4 rings (SSSR count). The van der Waals surface area contributed by atoms with Crippen molar-refractivity contribution in [1.82, 2.24) is 15.1 Å². The normalized spacial score (nSPS) is 15.6. The summed E-state index contributed by atoms with van der Waals surface area (Å²) in [5.74, 6) is 0.0601. The lowest BCUT2D eigenvalue weighted by Gasteiger charge is -2.26. The van der Waals surface area contributed by atoms with E-state index in [-0.39, 0.29) is 11.9 Å². The number of hydrogen-bond acceptors (Lipinski definition) is 6. The third-order valence-corrected chi connectivity index (χ3v) is 5.02. The molecular formula is C21H21N3O5. The number of methoxy groups -OCH3 is 2. The summed E-state index contributed by atoms with van der Waals surface area (Å²) in [7, 11) is 2.98. The first-order chi connectivity index (χ1) is 14.2. The van der Waals surface area contributed by atoms with Crippen LogP contribution < -0.4 is 0 Å². The Hall–Kier alpha value is -3.39. The van der Waals surface area contributed by atoms with Crippen LogP contribution >= 0.6 is 0 Å². The van der Waals surface area contributed by atoms with Crippen LogP contribution in [0.1, 0.15) is 44.4 Å². The zero-order chi connectivity index (χ0) is 20.4. The van der Waals surface area contributed by atoms with Gasteiger partial charge >= 0.3 is 5.97 Å². The van der Waals surface area contributed by atoms with Gasteiger partial charge in [0.25, 0.3) is 5.91 Å². The van der Waals surface area contributed by atoms with Crippen LogP contribution in [0.15, 0.2) is 47.1 Å². The van der Waals surface area contributed by atoms with Crippen LogP contribution in [0.5, 0.6) is 0 Å². The summed E-state index contributed by atoms with van der Waals surface area (Å²) < 4.78 is 15.5. The number of benzene rings is 1. The Labute approximate surface area is 167 Å². The maximum Gasteiger partial charge on any atom is 0.337 e. The van der Waals surface area contributed by atoms with Gasteiger partial charge in [-0.05, 0) is 36.2 Å². The topological polar surface area (TPSA) is 97.7 Å². The molecule has 3 aromatic rings. The van der Waals surface area contributed by atoms with Crippen molar-refractivity contribution >= 4 is 11.9 Å². The number of aromatic amines is 1. The summed E-state index contributed by atoms with van der Waals surface area (Å²) in [5, 5.41) is 7.21. The highest BCUT2D eigenvalue weighted by molar-refractivity contribution is 6.00. The number of rotatable bonds is 7. The number of ether oxygens (including phenoxy) is 2.